The van der Waals surface area contributed by atoms with E-state index in [4.69, 9.17) is 15.3 Å². The highest BCUT2D eigenvalue weighted by Crippen LogP contribution is 2.33. The Morgan fingerprint density at radius 3 is 1.90 bits per heavy atom. The van der Waals surface area contributed by atoms with Gasteiger partial charge in [-0.25, -0.2) is 8.78 Å². The molecule has 0 saturated carbocycles. The Labute approximate surface area is 112 Å². The maximum absolute atomic E-state index is 13.9. The molecule has 0 radical (unpaired) electrons. The minimum atomic E-state index is -1.65. The van der Waals surface area contributed by atoms with Crippen molar-refractivity contribution < 1.29 is 17.9 Å². The largest absolute Gasteiger partial charge is 0.451 e. The summed E-state index contributed by atoms with van der Waals surface area (Å²) in [5, 5.41) is 17.4. The van der Waals surface area contributed by atoms with E-state index in [1.807, 2.05) is 0 Å². The predicted octanol–water partition coefficient (Wildman–Crippen LogP) is 3.64. The molecule has 0 aliphatic rings. The van der Waals surface area contributed by atoms with Gasteiger partial charge in [0.05, 0.1) is 0 Å². The van der Waals surface area contributed by atoms with Gasteiger partial charge in [-0.3, -0.25) is 0 Å². The monoisotopic (exact) mass is 274 g/mol. The van der Waals surface area contributed by atoms with E-state index in [1.54, 1.807) is 18.2 Å². The minimum Gasteiger partial charge on any atom is -0.451 e. The number of ether oxygens (including phenoxy) is 1. The van der Waals surface area contributed by atoms with Crippen molar-refractivity contribution in [2.24, 2.45) is 0 Å². The number of nitriles is 2. The van der Waals surface area contributed by atoms with E-state index in [1.165, 1.54) is 24.3 Å². The summed E-state index contributed by atoms with van der Waals surface area (Å²) in [6, 6.07) is 10.1. The number of rotatable bonds is 2. The lowest BCUT2D eigenvalue weighted by molar-refractivity contribution is 0.385. The maximum atomic E-state index is 13.9. The van der Waals surface area contributed by atoms with Crippen molar-refractivity contribution in [2.45, 2.75) is 0 Å². The summed E-state index contributed by atoms with van der Waals surface area (Å²) < 4.78 is 46.2. The van der Waals surface area contributed by atoms with Crippen molar-refractivity contribution in [1.29, 1.82) is 10.5 Å². The quantitative estimate of drug-likeness (QED) is 0.785. The Hall–Kier alpha value is -2.99. The van der Waals surface area contributed by atoms with Crippen molar-refractivity contribution >= 4 is 0 Å². The molecule has 0 fully saturated rings. The van der Waals surface area contributed by atoms with Crippen LogP contribution in [0.1, 0.15) is 11.1 Å². The summed E-state index contributed by atoms with van der Waals surface area (Å²) in [4.78, 5) is 0. The maximum Gasteiger partial charge on any atom is 0.205 e. The van der Waals surface area contributed by atoms with Crippen LogP contribution in [0.25, 0.3) is 0 Å². The lowest BCUT2D eigenvalue weighted by Crippen LogP contribution is -2.03. The molecule has 0 amide bonds. The van der Waals surface area contributed by atoms with Crippen LogP contribution in [0.15, 0.2) is 30.3 Å². The highest BCUT2D eigenvalue weighted by atomic mass is 19.2. The first-order chi connectivity index (χ1) is 9.60. The summed E-state index contributed by atoms with van der Waals surface area (Å²) in [6.07, 6.45) is 0. The molecule has 2 rings (SSSR count). The van der Waals surface area contributed by atoms with Crippen molar-refractivity contribution in [1.82, 2.24) is 0 Å². The first-order valence-electron chi connectivity index (χ1n) is 5.33. The Kier molecular flexibility index (Phi) is 3.58. The average Bonchev–Trinajstić information content (AvgIpc) is 2.48. The highest BCUT2D eigenvalue weighted by molar-refractivity contribution is 5.53. The van der Waals surface area contributed by atoms with Gasteiger partial charge in [-0.1, -0.05) is 18.2 Å². The van der Waals surface area contributed by atoms with Gasteiger partial charge in [-0.05, 0) is 12.1 Å². The zero-order valence-corrected chi connectivity index (χ0v) is 9.82. The lowest BCUT2D eigenvalue weighted by atomic mass is 10.1. The fourth-order valence-corrected chi connectivity index (χ4v) is 1.54. The fourth-order valence-electron chi connectivity index (χ4n) is 1.54. The molecule has 2 aromatic rings. The fraction of sp³-hybridized carbons (Fsp3) is 0. The van der Waals surface area contributed by atoms with Gasteiger partial charge in [0, 0.05) is 0 Å². The Balaban J connectivity index is 2.64. The Bertz CT molecular complexity index is 746. The molecule has 0 atom stereocenters. The molecule has 20 heavy (non-hydrogen) atoms. The number of benzene rings is 2. The molecule has 3 nitrogen and oxygen atoms in total. The van der Waals surface area contributed by atoms with Crippen LogP contribution < -0.4 is 4.74 Å². The van der Waals surface area contributed by atoms with E-state index in [-0.39, 0.29) is 5.75 Å². The Morgan fingerprint density at radius 2 is 1.35 bits per heavy atom. The van der Waals surface area contributed by atoms with E-state index >= 15 is 0 Å². The van der Waals surface area contributed by atoms with E-state index in [2.05, 4.69) is 0 Å². The molecular weight excluding hydrogens is 269 g/mol. The van der Waals surface area contributed by atoms with Crippen LogP contribution >= 0.6 is 0 Å². The second-order valence-electron chi connectivity index (χ2n) is 3.66. The van der Waals surface area contributed by atoms with E-state index in [9.17, 15) is 13.2 Å². The summed E-state index contributed by atoms with van der Waals surface area (Å²) in [5.74, 6) is -5.66. The van der Waals surface area contributed by atoms with Crippen LogP contribution in [0.5, 0.6) is 11.5 Å². The van der Waals surface area contributed by atoms with Gasteiger partial charge in [0.1, 0.15) is 29.0 Å². The highest BCUT2D eigenvalue weighted by Gasteiger charge is 2.26. The van der Waals surface area contributed by atoms with Crippen molar-refractivity contribution in [3.8, 4) is 23.6 Å². The van der Waals surface area contributed by atoms with E-state index < -0.39 is 34.3 Å². The van der Waals surface area contributed by atoms with Gasteiger partial charge in [0.15, 0.2) is 11.6 Å². The number of nitrogens with zero attached hydrogens (tertiary/aromatic N) is 2. The first kappa shape index (κ1) is 13.4. The van der Waals surface area contributed by atoms with Crippen LogP contribution in [-0.4, -0.2) is 0 Å². The van der Waals surface area contributed by atoms with Crippen molar-refractivity contribution in [2.75, 3.05) is 0 Å². The van der Waals surface area contributed by atoms with Gasteiger partial charge in [0.25, 0.3) is 0 Å². The molecule has 6 heteroatoms. The standard InChI is InChI=1S/C14H5F3N2O/c15-11-9(6-18)10(7-19)12(16)14(13(11)17)20-8-4-2-1-3-5-8/h1-5H. The third-order valence-electron chi connectivity index (χ3n) is 2.47. The van der Waals surface area contributed by atoms with Gasteiger partial charge in [0.2, 0.25) is 11.6 Å². The van der Waals surface area contributed by atoms with Crippen LogP contribution in [0.4, 0.5) is 13.2 Å². The normalized spacial score (nSPS) is 9.65. The molecular formula is C14H5F3N2O. The first-order valence-corrected chi connectivity index (χ1v) is 5.33. The topological polar surface area (TPSA) is 56.8 Å². The van der Waals surface area contributed by atoms with Gasteiger partial charge in [-0.15, -0.1) is 0 Å². The number of hydrogen-bond acceptors (Lipinski definition) is 3. The predicted molar refractivity (Wildman–Crippen MR) is 62.3 cm³/mol. The van der Waals surface area contributed by atoms with Crippen LogP contribution in [-0.2, 0) is 0 Å². The van der Waals surface area contributed by atoms with Gasteiger partial charge in [-0.2, -0.15) is 14.9 Å². The third kappa shape index (κ3) is 2.15. The second-order valence-corrected chi connectivity index (χ2v) is 3.66. The SMILES string of the molecule is N#Cc1c(F)c(F)c(Oc2ccccc2)c(F)c1C#N. The summed E-state index contributed by atoms with van der Waals surface area (Å²) in [7, 11) is 0. The van der Waals surface area contributed by atoms with Gasteiger partial charge >= 0.3 is 0 Å². The van der Waals surface area contributed by atoms with Crippen molar-refractivity contribution in [3.63, 3.8) is 0 Å². The molecule has 2 aromatic carbocycles. The molecule has 98 valence electrons. The van der Waals surface area contributed by atoms with Crippen LogP contribution in [0.2, 0.25) is 0 Å². The molecule has 0 aliphatic heterocycles. The van der Waals surface area contributed by atoms with Crippen molar-refractivity contribution in [3.05, 3.63) is 58.9 Å². The summed E-state index contributed by atoms with van der Waals surface area (Å²) in [6.45, 7) is 0. The molecule has 0 aliphatic carbocycles. The number of halogens is 3. The smallest absolute Gasteiger partial charge is 0.205 e. The molecule has 0 aromatic heterocycles. The molecule has 0 unspecified atom stereocenters. The second kappa shape index (κ2) is 5.33. The van der Waals surface area contributed by atoms with E-state index in [0.29, 0.717) is 0 Å². The molecule has 0 heterocycles. The Morgan fingerprint density at radius 1 is 0.800 bits per heavy atom. The molecule has 0 saturated heterocycles. The number of para-hydroxylation sites is 1. The van der Waals surface area contributed by atoms with Crippen LogP contribution in [0.3, 0.4) is 0 Å². The number of hydrogen-bond donors (Lipinski definition) is 0. The molecule has 0 spiro atoms. The minimum absolute atomic E-state index is 0.0679. The lowest BCUT2D eigenvalue weighted by Gasteiger charge is -2.10. The van der Waals surface area contributed by atoms with E-state index in [0.717, 1.165) is 0 Å². The zero-order chi connectivity index (χ0) is 14.7. The average molecular weight is 274 g/mol. The third-order valence-corrected chi connectivity index (χ3v) is 2.47. The van der Waals surface area contributed by atoms with Crippen LogP contribution in [0, 0.1) is 40.1 Å². The zero-order valence-electron chi connectivity index (χ0n) is 9.82. The molecule has 0 bridgehead atoms. The summed E-state index contributed by atoms with van der Waals surface area (Å²) in [5.41, 5.74) is -1.87. The molecule has 0 N–H and O–H groups in total. The van der Waals surface area contributed by atoms with Gasteiger partial charge < -0.3 is 4.74 Å². The summed E-state index contributed by atoms with van der Waals surface area (Å²) >= 11 is 0.